The van der Waals surface area contributed by atoms with Gasteiger partial charge in [0.1, 0.15) is 0 Å². The zero-order valence-electron chi connectivity index (χ0n) is 11.6. The number of nitrogens with zero attached hydrogens (tertiary/aromatic N) is 3. The largest absolute Gasteiger partial charge is 0.315 e. The molecule has 0 spiro atoms. The summed E-state index contributed by atoms with van der Waals surface area (Å²) < 4.78 is 28.8. The smallest absolute Gasteiger partial charge is 0.304 e. The Morgan fingerprint density at radius 1 is 1.35 bits per heavy atom. The van der Waals surface area contributed by atoms with E-state index in [4.69, 9.17) is 0 Å². The average molecular weight is 299 g/mol. The SMILES string of the molecule is CCNCC1CCCCN1S(=O)(=O)Nc1ncccn1. The number of anilines is 1. The van der Waals surface area contributed by atoms with Crippen LogP contribution in [0.5, 0.6) is 0 Å². The van der Waals surface area contributed by atoms with Gasteiger partial charge < -0.3 is 5.32 Å². The van der Waals surface area contributed by atoms with Crippen molar-refractivity contribution in [2.75, 3.05) is 24.4 Å². The molecular weight excluding hydrogens is 278 g/mol. The Kier molecular flexibility index (Phi) is 5.27. The van der Waals surface area contributed by atoms with E-state index < -0.39 is 10.2 Å². The standard InChI is InChI=1S/C12H21N5O2S/c1-2-13-10-11-6-3-4-9-17(11)20(18,19)16-12-14-7-5-8-15-12/h5,7-8,11,13H,2-4,6,9-10H2,1H3,(H,14,15,16). The molecule has 1 atom stereocenters. The molecule has 20 heavy (non-hydrogen) atoms. The highest BCUT2D eigenvalue weighted by atomic mass is 32.2. The minimum atomic E-state index is -3.60. The Morgan fingerprint density at radius 3 is 2.80 bits per heavy atom. The van der Waals surface area contributed by atoms with E-state index in [9.17, 15) is 8.42 Å². The van der Waals surface area contributed by atoms with Gasteiger partial charge in [-0.2, -0.15) is 12.7 Å². The van der Waals surface area contributed by atoms with E-state index in [1.165, 1.54) is 16.7 Å². The number of hydrogen-bond donors (Lipinski definition) is 2. The first-order valence-electron chi connectivity index (χ1n) is 6.91. The van der Waals surface area contributed by atoms with E-state index in [1.54, 1.807) is 6.07 Å². The number of rotatable bonds is 6. The van der Waals surface area contributed by atoms with Gasteiger partial charge in [0.15, 0.2) is 0 Å². The first-order chi connectivity index (χ1) is 9.63. The molecule has 0 aromatic carbocycles. The van der Waals surface area contributed by atoms with Crippen LogP contribution >= 0.6 is 0 Å². The van der Waals surface area contributed by atoms with E-state index in [0.717, 1.165) is 25.8 Å². The molecule has 2 N–H and O–H groups in total. The van der Waals surface area contributed by atoms with Crippen molar-refractivity contribution in [2.24, 2.45) is 0 Å². The Labute approximate surface area is 120 Å². The lowest BCUT2D eigenvalue weighted by atomic mass is 10.1. The van der Waals surface area contributed by atoms with Gasteiger partial charge in [-0.15, -0.1) is 0 Å². The van der Waals surface area contributed by atoms with Gasteiger partial charge in [-0.05, 0) is 25.5 Å². The molecule has 0 aliphatic carbocycles. The first-order valence-corrected chi connectivity index (χ1v) is 8.35. The predicted molar refractivity (Wildman–Crippen MR) is 77.5 cm³/mol. The first kappa shape index (κ1) is 15.1. The summed E-state index contributed by atoms with van der Waals surface area (Å²) in [5.74, 6) is 0.111. The Morgan fingerprint density at radius 2 is 2.10 bits per heavy atom. The topological polar surface area (TPSA) is 87.2 Å². The quantitative estimate of drug-likeness (QED) is 0.803. The molecule has 1 aromatic rings. The van der Waals surface area contributed by atoms with E-state index in [-0.39, 0.29) is 12.0 Å². The second kappa shape index (κ2) is 6.96. The molecule has 0 saturated carbocycles. The molecule has 0 radical (unpaired) electrons. The number of aromatic nitrogens is 2. The molecule has 1 aliphatic heterocycles. The highest BCUT2D eigenvalue weighted by Crippen LogP contribution is 2.20. The van der Waals surface area contributed by atoms with Crippen molar-refractivity contribution in [2.45, 2.75) is 32.2 Å². The summed E-state index contributed by atoms with van der Waals surface area (Å²) in [4.78, 5) is 7.80. The summed E-state index contributed by atoms with van der Waals surface area (Å²) in [6.45, 7) is 4.06. The lowest BCUT2D eigenvalue weighted by Gasteiger charge is -2.34. The van der Waals surface area contributed by atoms with Crippen LogP contribution in [0.3, 0.4) is 0 Å². The van der Waals surface area contributed by atoms with Crippen LogP contribution in [-0.2, 0) is 10.2 Å². The van der Waals surface area contributed by atoms with Crippen LogP contribution in [-0.4, -0.2) is 48.4 Å². The van der Waals surface area contributed by atoms with Gasteiger partial charge in [0, 0.05) is 31.5 Å². The maximum Gasteiger partial charge on any atom is 0.304 e. The third-order valence-electron chi connectivity index (χ3n) is 3.30. The van der Waals surface area contributed by atoms with E-state index >= 15 is 0 Å². The molecule has 112 valence electrons. The van der Waals surface area contributed by atoms with Crippen LogP contribution < -0.4 is 10.0 Å². The zero-order chi connectivity index (χ0) is 14.4. The zero-order valence-corrected chi connectivity index (χ0v) is 12.4. The fourth-order valence-electron chi connectivity index (χ4n) is 2.33. The van der Waals surface area contributed by atoms with Crippen LogP contribution in [0.2, 0.25) is 0 Å². The van der Waals surface area contributed by atoms with Gasteiger partial charge in [0.05, 0.1) is 0 Å². The van der Waals surface area contributed by atoms with Gasteiger partial charge >= 0.3 is 10.2 Å². The summed E-state index contributed by atoms with van der Waals surface area (Å²) >= 11 is 0. The van der Waals surface area contributed by atoms with Crippen molar-refractivity contribution in [1.82, 2.24) is 19.6 Å². The van der Waals surface area contributed by atoms with Crippen LogP contribution in [0.4, 0.5) is 5.95 Å². The molecule has 2 rings (SSSR count). The fraction of sp³-hybridized carbons (Fsp3) is 0.667. The van der Waals surface area contributed by atoms with Gasteiger partial charge in [-0.3, -0.25) is 0 Å². The predicted octanol–water partition coefficient (Wildman–Crippen LogP) is 0.597. The maximum absolute atomic E-state index is 12.4. The third kappa shape index (κ3) is 3.87. The molecule has 2 heterocycles. The third-order valence-corrected chi connectivity index (χ3v) is 4.84. The van der Waals surface area contributed by atoms with Crippen LogP contribution in [0.25, 0.3) is 0 Å². The van der Waals surface area contributed by atoms with Gasteiger partial charge in [-0.25, -0.2) is 14.7 Å². The molecule has 7 nitrogen and oxygen atoms in total. The lowest BCUT2D eigenvalue weighted by molar-refractivity contribution is 0.248. The van der Waals surface area contributed by atoms with E-state index in [2.05, 4.69) is 20.0 Å². The highest BCUT2D eigenvalue weighted by Gasteiger charge is 2.32. The maximum atomic E-state index is 12.4. The Hall–Kier alpha value is -1.25. The van der Waals surface area contributed by atoms with Gasteiger partial charge in [0.2, 0.25) is 5.95 Å². The van der Waals surface area contributed by atoms with Crippen molar-refractivity contribution < 1.29 is 8.42 Å². The van der Waals surface area contributed by atoms with Crippen molar-refractivity contribution in [3.63, 3.8) is 0 Å². The van der Waals surface area contributed by atoms with Crippen molar-refractivity contribution in [3.05, 3.63) is 18.5 Å². The molecule has 1 aliphatic rings. The summed E-state index contributed by atoms with van der Waals surface area (Å²) in [5, 5.41) is 3.22. The summed E-state index contributed by atoms with van der Waals surface area (Å²) in [7, 11) is -3.60. The number of likely N-dealkylation sites (N-methyl/N-ethyl adjacent to an activating group) is 1. The van der Waals surface area contributed by atoms with Crippen molar-refractivity contribution in [1.29, 1.82) is 0 Å². The summed E-state index contributed by atoms with van der Waals surface area (Å²) in [6.07, 6.45) is 5.85. The molecule has 1 unspecified atom stereocenters. The van der Waals surface area contributed by atoms with Crippen molar-refractivity contribution in [3.8, 4) is 0 Å². The Bertz CT molecular complexity index is 508. The van der Waals surface area contributed by atoms with E-state index in [1.807, 2.05) is 6.92 Å². The monoisotopic (exact) mass is 299 g/mol. The van der Waals surface area contributed by atoms with Crippen molar-refractivity contribution >= 4 is 16.2 Å². The molecule has 1 aromatic heterocycles. The molecule has 0 bridgehead atoms. The highest BCUT2D eigenvalue weighted by molar-refractivity contribution is 7.90. The second-order valence-corrected chi connectivity index (χ2v) is 6.37. The molecule has 0 amide bonds. The van der Waals surface area contributed by atoms with Crippen LogP contribution in [0.1, 0.15) is 26.2 Å². The number of hydrogen-bond acceptors (Lipinski definition) is 5. The summed E-state index contributed by atoms with van der Waals surface area (Å²) in [6, 6.07) is 1.64. The van der Waals surface area contributed by atoms with Gasteiger partial charge in [-0.1, -0.05) is 13.3 Å². The van der Waals surface area contributed by atoms with Crippen LogP contribution in [0.15, 0.2) is 18.5 Å². The number of nitrogens with one attached hydrogen (secondary N) is 2. The molecule has 1 fully saturated rings. The minimum absolute atomic E-state index is 0.00934. The lowest BCUT2D eigenvalue weighted by Crippen LogP contribution is -2.50. The van der Waals surface area contributed by atoms with Crippen LogP contribution in [0, 0.1) is 0 Å². The second-order valence-electron chi connectivity index (χ2n) is 4.75. The summed E-state index contributed by atoms with van der Waals surface area (Å²) in [5.41, 5.74) is 0. The fourth-order valence-corrected chi connectivity index (χ4v) is 3.73. The molecule has 8 heteroatoms. The molecule has 1 saturated heterocycles. The van der Waals surface area contributed by atoms with Gasteiger partial charge in [0.25, 0.3) is 0 Å². The van der Waals surface area contributed by atoms with E-state index in [0.29, 0.717) is 13.1 Å². The average Bonchev–Trinajstić information content (AvgIpc) is 2.46. The Balaban J connectivity index is 2.09. The minimum Gasteiger partial charge on any atom is -0.315 e. The number of piperidine rings is 1. The normalized spacial score (nSPS) is 20.8. The molecular formula is C12H21N5O2S.